The average Bonchev–Trinajstić information content (AvgIpc) is 2.73. The van der Waals surface area contributed by atoms with Gasteiger partial charge >= 0.3 is 6.18 Å². The lowest BCUT2D eigenvalue weighted by molar-refractivity contribution is -0.154. The van der Waals surface area contributed by atoms with Gasteiger partial charge < -0.3 is 14.5 Å². The van der Waals surface area contributed by atoms with Crippen molar-refractivity contribution in [3.63, 3.8) is 0 Å². The number of halogens is 4. The fourth-order valence-electron chi connectivity index (χ4n) is 4.04. The summed E-state index contributed by atoms with van der Waals surface area (Å²) in [6, 6.07) is 6.22. The molecule has 4 rings (SSSR count). The van der Waals surface area contributed by atoms with Gasteiger partial charge in [-0.1, -0.05) is 28.1 Å². The molecular formula is C20H22BrF3N4O2. The van der Waals surface area contributed by atoms with Crippen LogP contribution < -0.4 is 15.4 Å². The Morgan fingerprint density at radius 1 is 1.17 bits per heavy atom. The van der Waals surface area contributed by atoms with Gasteiger partial charge in [-0.25, -0.2) is 0 Å². The minimum Gasteiger partial charge on any atom is -0.378 e. The van der Waals surface area contributed by atoms with Crippen molar-refractivity contribution >= 4 is 27.7 Å². The van der Waals surface area contributed by atoms with Gasteiger partial charge in [-0.3, -0.25) is 9.36 Å². The van der Waals surface area contributed by atoms with Crippen LogP contribution in [0.5, 0.6) is 0 Å². The first-order valence-electron chi connectivity index (χ1n) is 9.81. The zero-order valence-corrected chi connectivity index (χ0v) is 18.0. The lowest BCUT2D eigenvalue weighted by Gasteiger charge is -2.43. The minimum atomic E-state index is -4.44. The molecule has 0 aliphatic carbocycles. The van der Waals surface area contributed by atoms with Crippen LogP contribution in [0, 0.1) is 0 Å². The van der Waals surface area contributed by atoms with Gasteiger partial charge in [-0.05, 0) is 31.0 Å². The van der Waals surface area contributed by atoms with E-state index in [1.807, 2.05) is 4.90 Å². The molecule has 0 saturated carbocycles. The molecule has 3 heterocycles. The minimum absolute atomic E-state index is 0.0156. The molecule has 30 heavy (non-hydrogen) atoms. The highest BCUT2D eigenvalue weighted by Crippen LogP contribution is 2.39. The fraction of sp³-hybridized carbons (Fsp3) is 0.500. The summed E-state index contributed by atoms with van der Waals surface area (Å²) in [6.07, 6.45) is -4.64. The van der Waals surface area contributed by atoms with E-state index in [-0.39, 0.29) is 24.5 Å². The number of fused-ring (bicyclic) bond motifs is 1. The molecule has 1 saturated heterocycles. The summed E-state index contributed by atoms with van der Waals surface area (Å²) in [5.74, 6) is 0.457. The van der Waals surface area contributed by atoms with Crippen LogP contribution in [0.3, 0.4) is 0 Å². The number of anilines is 2. The van der Waals surface area contributed by atoms with Gasteiger partial charge in [-0.15, -0.1) is 0 Å². The quantitative estimate of drug-likeness (QED) is 0.661. The molecule has 0 bridgehead atoms. The van der Waals surface area contributed by atoms with Gasteiger partial charge in [0.1, 0.15) is 11.9 Å². The van der Waals surface area contributed by atoms with E-state index in [4.69, 9.17) is 4.74 Å². The number of ether oxygens (including phenoxy) is 1. The van der Waals surface area contributed by atoms with Gasteiger partial charge in [0.15, 0.2) is 0 Å². The van der Waals surface area contributed by atoms with E-state index < -0.39 is 18.3 Å². The summed E-state index contributed by atoms with van der Waals surface area (Å²) in [6.45, 7) is 3.76. The lowest BCUT2D eigenvalue weighted by Crippen LogP contribution is -2.53. The summed E-state index contributed by atoms with van der Waals surface area (Å²) in [4.78, 5) is 20.5. The van der Waals surface area contributed by atoms with Crippen molar-refractivity contribution in [3.8, 4) is 0 Å². The van der Waals surface area contributed by atoms with E-state index in [0.29, 0.717) is 37.7 Å². The second kappa shape index (κ2) is 8.22. The third-order valence-corrected chi connectivity index (χ3v) is 6.18. The molecule has 0 spiro atoms. The Balaban J connectivity index is 1.81. The molecular weight excluding hydrogens is 465 g/mol. The number of benzene rings is 1. The van der Waals surface area contributed by atoms with Gasteiger partial charge in [0.25, 0.3) is 5.56 Å². The number of aromatic nitrogens is 2. The van der Waals surface area contributed by atoms with Crippen LogP contribution in [-0.2, 0) is 11.3 Å². The molecule has 10 heteroatoms. The van der Waals surface area contributed by atoms with Crippen LogP contribution >= 0.6 is 15.9 Å². The summed E-state index contributed by atoms with van der Waals surface area (Å²) < 4.78 is 49.5. The average molecular weight is 487 g/mol. The molecule has 0 amide bonds. The number of nitrogens with zero attached hydrogens (tertiary/aromatic N) is 4. The predicted octanol–water partition coefficient (Wildman–Crippen LogP) is 3.74. The highest BCUT2D eigenvalue weighted by atomic mass is 79.9. The molecule has 2 atom stereocenters. The molecule has 2 aliphatic heterocycles. The highest BCUT2D eigenvalue weighted by molar-refractivity contribution is 9.10. The van der Waals surface area contributed by atoms with E-state index in [1.54, 1.807) is 31.2 Å². The summed E-state index contributed by atoms with van der Waals surface area (Å²) >= 11 is 3.36. The van der Waals surface area contributed by atoms with Crippen molar-refractivity contribution in [1.29, 1.82) is 0 Å². The first kappa shape index (κ1) is 21.2. The van der Waals surface area contributed by atoms with E-state index in [1.165, 1.54) is 15.5 Å². The zero-order valence-electron chi connectivity index (χ0n) is 16.4. The molecule has 2 aromatic rings. The maximum absolute atomic E-state index is 14.0. The van der Waals surface area contributed by atoms with E-state index >= 15 is 0 Å². The standard InChI is InChI=1S/C20H22BrF3N4O2/c1-13(14-2-4-15(21)5-3-14)28-16(20(22,23)24)6-7-27-18(29)12-17(25-19(27)28)26-8-10-30-11-9-26/h2-5,12-13,16H,6-11H2,1H3/t13-,16?/m1/s1. The lowest BCUT2D eigenvalue weighted by atomic mass is 10.0. The maximum atomic E-state index is 14.0. The van der Waals surface area contributed by atoms with E-state index in [0.717, 1.165) is 4.47 Å². The number of morpholine rings is 1. The predicted molar refractivity (Wildman–Crippen MR) is 111 cm³/mol. The first-order chi connectivity index (χ1) is 14.3. The first-order valence-corrected chi connectivity index (χ1v) is 10.6. The Morgan fingerprint density at radius 3 is 2.47 bits per heavy atom. The monoisotopic (exact) mass is 486 g/mol. The van der Waals surface area contributed by atoms with Crippen molar-refractivity contribution in [2.24, 2.45) is 0 Å². The second-order valence-electron chi connectivity index (χ2n) is 7.48. The Bertz CT molecular complexity index is 958. The molecule has 1 aromatic carbocycles. The van der Waals surface area contributed by atoms with Crippen LogP contribution in [-0.4, -0.2) is 48.1 Å². The Morgan fingerprint density at radius 2 is 1.83 bits per heavy atom. The number of rotatable bonds is 3. The van der Waals surface area contributed by atoms with Crippen LogP contribution in [0.25, 0.3) is 0 Å². The van der Waals surface area contributed by atoms with Crippen molar-refractivity contribution in [3.05, 3.63) is 50.7 Å². The maximum Gasteiger partial charge on any atom is 0.408 e. The van der Waals surface area contributed by atoms with Crippen molar-refractivity contribution in [2.75, 3.05) is 36.1 Å². The summed E-state index contributed by atoms with van der Waals surface area (Å²) in [5.41, 5.74) is 0.377. The van der Waals surface area contributed by atoms with Crippen LogP contribution in [0.2, 0.25) is 0 Å². The Labute approximate surface area is 180 Å². The van der Waals surface area contributed by atoms with Crippen molar-refractivity contribution in [2.45, 2.75) is 38.1 Å². The number of hydrogen-bond acceptors (Lipinski definition) is 5. The fourth-order valence-corrected chi connectivity index (χ4v) is 4.30. The molecule has 1 unspecified atom stereocenters. The molecule has 2 aliphatic rings. The van der Waals surface area contributed by atoms with Crippen LogP contribution in [0.15, 0.2) is 39.6 Å². The second-order valence-corrected chi connectivity index (χ2v) is 8.40. The van der Waals surface area contributed by atoms with Gasteiger partial charge in [0, 0.05) is 30.2 Å². The normalized spacial score (nSPS) is 20.8. The number of hydrogen-bond donors (Lipinski definition) is 0. The molecule has 1 fully saturated rings. The van der Waals surface area contributed by atoms with E-state index in [9.17, 15) is 18.0 Å². The third-order valence-electron chi connectivity index (χ3n) is 5.65. The highest BCUT2D eigenvalue weighted by Gasteiger charge is 2.48. The molecule has 6 nitrogen and oxygen atoms in total. The molecule has 0 radical (unpaired) electrons. The topological polar surface area (TPSA) is 50.6 Å². The summed E-state index contributed by atoms with van der Waals surface area (Å²) in [7, 11) is 0. The molecule has 0 N–H and O–H groups in total. The van der Waals surface area contributed by atoms with Gasteiger partial charge in [-0.2, -0.15) is 18.2 Å². The third kappa shape index (κ3) is 4.07. The molecule has 162 valence electrons. The SMILES string of the molecule is C[C@H](c1ccc(Br)cc1)N1c2nc(N3CCOCC3)cc(=O)n2CCC1C(F)(F)F. The summed E-state index contributed by atoms with van der Waals surface area (Å²) in [5, 5.41) is 0. The van der Waals surface area contributed by atoms with Crippen LogP contribution in [0.4, 0.5) is 24.9 Å². The molecule has 1 aromatic heterocycles. The van der Waals surface area contributed by atoms with E-state index in [2.05, 4.69) is 20.9 Å². The van der Waals surface area contributed by atoms with Crippen molar-refractivity contribution < 1.29 is 17.9 Å². The van der Waals surface area contributed by atoms with Crippen LogP contribution in [0.1, 0.15) is 24.9 Å². The Hall–Kier alpha value is -2.07. The largest absolute Gasteiger partial charge is 0.408 e. The van der Waals surface area contributed by atoms with Gasteiger partial charge in [0.2, 0.25) is 5.95 Å². The number of alkyl halides is 3. The van der Waals surface area contributed by atoms with Crippen molar-refractivity contribution in [1.82, 2.24) is 9.55 Å². The smallest absolute Gasteiger partial charge is 0.378 e. The van der Waals surface area contributed by atoms with Gasteiger partial charge in [0.05, 0.1) is 19.3 Å². The Kier molecular flexibility index (Phi) is 5.80. The zero-order chi connectivity index (χ0) is 21.5.